The van der Waals surface area contributed by atoms with Crippen molar-refractivity contribution in [2.75, 3.05) is 5.75 Å². The molecule has 8 heteroatoms. The van der Waals surface area contributed by atoms with Crippen molar-refractivity contribution in [3.8, 4) is 0 Å². The van der Waals surface area contributed by atoms with Crippen LogP contribution in [0.15, 0.2) is 48.5 Å². The van der Waals surface area contributed by atoms with Crippen molar-refractivity contribution in [3.63, 3.8) is 0 Å². The minimum absolute atomic E-state index is 0.0759. The van der Waals surface area contributed by atoms with E-state index in [1.54, 1.807) is 25.7 Å². The van der Waals surface area contributed by atoms with Crippen molar-refractivity contribution in [1.29, 1.82) is 0 Å². The summed E-state index contributed by atoms with van der Waals surface area (Å²) in [6.07, 6.45) is 0.901. The molecule has 1 saturated carbocycles. The third-order valence-electron chi connectivity index (χ3n) is 5.92. The molecule has 2 aromatic rings. The number of thiol groups is 1. The Kier molecular flexibility index (Phi) is 9.06. The Morgan fingerprint density at radius 1 is 1.08 bits per heavy atom. The Morgan fingerprint density at radius 3 is 2.31 bits per heavy atom. The minimum atomic E-state index is -0.932. The number of nitrogens with zero attached hydrogens (tertiary/aromatic N) is 1. The summed E-state index contributed by atoms with van der Waals surface area (Å²) in [5, 5.41) is 5.67. The summed E-state index contributed by atoms with van der Waals surface area (Å²) < 4.78 is 5.35. The Balaban J connectivity index is 1.92. The highest BCUT2D eigenvalue weighted by molar-refractivity contribution is 7.80. The lowest BCUT2D eigenvalue weighted by Crippen LogP contribution is -2.54. The monoisotopic (exact) mass is 511 g/mol. The first-order valence-electron chi connectivity index (χ1n) is 12.3. The van der Waals surface area contributed by atoms with Crippen LogP contribution in [0, 0.1) is 13.8 Å². The molecule has 2 N–H and O–H groups in total. The van der Waals surface area contributed by atoms with Gasteiger partial charge in [-0.25, -0.2) is 4.79 Å². The number of nitrogens with one attached hydrogen (secondary N) is 2. The molecule has 0 aliphatic heterocycles. The predicted molar refractivity (Wildman–Crippen MR) is 144 cm³/mol. The molecule has 1 fully saturated rings. The van der Waals surface area contributed by atoms with Crippen molar-refractivity contribution in [3.05, 3.63) is 70.8 Å². The van der Waals surface area contributed by atoms with E-state index in [4.69, 9.17) is 4.74 Å². The van der Waals surface area contributed by atoms with Crippen LogP contribution >= 0.6 is 12.6 Å². The van der Waals surface area contributed by atoms with Gasteiger partial charge in [0.15, 0.2) is 0 Å². The summed E-state index contributed by atoms with van der Waals surface area (Å²) in [5.74, 6) is -0.536. The highest BCUT2D eigenvalue weighted by Gasteiger charge is 2.44. The molecule has 0 radical (unpaired) electrons. The second-order valence-electron chi connectivity index (χ2n) is 10.3. The highest BCUT2D eigenvalue weighted by atomic mass is 32.1. The molecule has 0 saturated heterocycles. The van der Waals surface area contributed by atoms with E-state index < -0.39 is 23.8 Å². The molecule has 0 heterocycles. The molecule has 3 rings (SSSR count). The van der Waals surface area contributed by atoms with Gasteiger partial charge >= 0.3 is 6.09 Å². The maximum atomic E-state index is 13.9. The quantitative estimate of drug-likeness (QED) is 0.434. The van der Waals surface area contributed by atoms with E-state index in [0.29, 0.717) is 6.54 Å². The first kappa shape index (κ1) is 27.6. The molecule has 36 heavy (non-hydrogen) atoms. The van der Waals surface area contributed by atoms with Crippen LogP contribution in [-0.2, 0) is 20.9 Å². The van der Waals surface area contributed by atoms with Crippen LogP contribution in [0.25, 0.3) is 0 Å². The third-order valence-corrected chi connectivity index (χ3v) is 6.29. The summed E-state index contributed by atoms with van der Waals surface area (Å²) in [5.41, 5.74) is 3.03. The standard InChI is InChI=1S/C28H37N3O4S/c1-18-11-14-22(19(2)15-18)24(25(32)29-16-20-9-7-6-8-10-20)31(21-12-13-21)26(33)23(17-36)30-27(34)35-28(3,4)5/h6-11,14-15,21,23-24,36H,12-13,16-17H2,1-5H3,(H,29,32)(H,30,34). The molecule has 7 nitrogen and oxygen atoms in total. The Hall–Kier alpha value is -3.00. The number of carbonyl (C=O) groups is 3. The average molecular weight is 512 g/mol. The molecule has 2 aromatic carbocycles. The van der Waals surface area contributed by atoms with Gasteiger partial charge in [-0.15, -0.1) is 0 Å². The van der Waals surface area contributed by atoms with Gasteiger partial charge in [0, 0.05) is 18.3 Å². The molecule has 0 spiro atoms. The summed E-state index contributed by atoms with van der Waals surface area (Å²) in [4.78, 5) is 41.7. The van der Waals surface area contributed by atoms with Gasteiger partial charge in [-0.3, -0.25) is 9.59 Å². The topological polar surface area (TPSA) is 87.7 Å². The van der Waals surface area contributed by atoms with E-state index in [2.05, 4.69) is 23.3 Å². The molecule has 194 valence electrons. The SMILES string of the molecule is Cc1ccc(C(C(=O)NCc2ccccc2)N(C(=O)C(CS)NC(=O)OC(C)(C)C)C2CC2)c(C)c1. The molecular weight excluding hydrogens is 474 g/mol. The lowest BCUT2D eigenvalue weighted by molar-refractivity contribution is -0.142. The van der Waals surface area contributed by atoms with Crippen molar-refractivity contribution < 1.29 is 19.1 Å². The van der Waals surface area contributed by atoms with Gasteiger partial charge in [0.1, 0.15) is 17.7 Å². The number of aryl methyl sites for hydroxylation is 2. The fraction of sp³-hybridized carbons (Fsp3) is 0.464. The van der Waals surface area contributed by atoms with Crippen LogP contribution in [0.1, 0.15) is 61.9 Å². The zero-order valence-electron chi connectivity index (χ0n) is 21.7. The van der Waals surface area contributed by atoms with Crippen LogP contribution < -0.4 is 10.6 Å². The molecule has 2 unspecified atom stereocenters. The van der Waals surface area contributed by atoms with Gasteiger partial charge in [-0.2, -0.15) is 12.6 Å². The Bertz CT molecular complexity index is 1080. The van der Waals surface area contributed by atoms with Gasteiger partial charge in [-0.05, 0) is 64.2 Å². The summed E-state index contributed by atoms with van der Waals surface area (Å²) in [6, 6.07) is 13.7. The fourth-order valence-corrected chi connectivity index (χ4v) is 4.36. The lowest BCUT2D eigenvalue weighted by atomic mass is 9.96. The number of amides is 3. The van der Waals surface area contributed by atoms with E-state index in [1.807, 2.05) is 62.4 Å². The van der Waals surface area contributed by atoms with Crippen LogP contribution in [0.4, 0.5) is 4.79 Å². The molecule has 0 bridgehead atoms. The van der Waals surface area contributed by atoms with Gasteiger partial charge < -0.3 is 20.3 Å². The normalized spacial score (nSPS) is 14.9. The molecule has 1 aliphatic carbocycles. The number of rotatable bonds is 9. The number of ether oxygens (including phenoxy) is 1. The zero-order valence-corrected chi connectivity index (χ0v) is 22.6. The lowest BCUT2D eigenvalue weighted by Gasteiger charge is -2.35. The number of hydrogen-bond acceptors (Lipinski definition) is 5. The second-order valence-corrected chi connectivity index (χ2v) is 10.7. The second kappa shape index (κ2) is 11.8. The maximum Gasteiger partial charge on any atom is 0.408 e. The number of carbonyl (C=O) groups excluding carboxylic acids is 3. The summed E-state index contributed by atoms with van der Waals surface area (Å²) in [6.45, 7) is 9.56. The summed E-state index contributed by atoms with van der Waals surface area (Å²) in [7, 11) is 0. The molecule has 2 atom stereocenters. The van der Waals surface area contributed by atoms with Crippen molar-refractivity contribution in [2.24, 2.45) is 0 Å². The van der Waals surface area contributed by atoms with E-state index in [1.165, 1.54) is 0 Å². The van der Waals surface area contributed by atoms with Crippen LogP contribution in [0.2, 0.25) is 0 Å². The smallest absolute Gasteiger partial charge is 0.408 e. The average Bonchev–Trinajstić information content (AvgIpc) is 3.64. The van der Waals surface area contributed by atoms with Crippen LogP contribution in [0.5, 0.6) is 0 Å². The van der Waals surface area contributed by atoms with Crippen molar-refractivity contribution in [2.45, 2.75) is 77.7 Å². The number of alkyl carbamates (subject to hydrolysis) is 1. The zero-order chi connectivity index (χ0) is 26.5. The predicted octanol–water partition coefficient (Wildman–Crippen LogP) is 4.48. The van der Waals surface area contributed by atoms with E-state index >= 15 is 0 Å². The van der Waals surface area contributed by atoms with Gasteiger partial charge in [0.25, 0.3) is 0 Å². The molecule has 0 aromatic heterocycles. The van der Waals surface area contributed by atoms with E-state index in [9.17, 15) is 14.4 Å². The highest BCUT2D eigenvalue weighted by Crippen LogP contribution is 2.37. The number of hydrogen-bond donors (Lipinski definition) is 3. The van der Waals surface area contributed by atoms with E-state index in [-0.39, 0.29) is 23.6 Å². The minimum Gasteiger partial charge on any atom is -0.444 e. The molecular formula is C28H37N3O4S. The van der Waals surface area contributed by atoms with Gasteiger partial charge in [0.2, 0.25) is 11.8 Å². The third kappa shape index (κ3) is 7.50. The molecule has 1 aliphatic rings. The van der Waals surface area contributed by atoms with Gasteiger partial charge in [0.05, 0.1) is 0 Å². The van der Waals surface area contributed by atoms with E-state index in [0.717, 1.165) is 35.1 Å². The number of benzene rings is 2. The van der Waals surface area contributed by atoms with Crippen LogP contribution in [-0.4, -0.2) is 46.2 Å². The van der Waals surface area contributed by atoms with Crippen molar-refractivity contribution in [1.82, 2.24) is 15.5 Å². The fourth-order valence-electron chi connectivity index (χ4n) is 4.12. The Labute approximate surface area is 219 Å². The molecule has 3 amide bonds. The van der Waals surface area contributed by atoms with Crippen molar-refractivity contribution >= 4 is 30.5 Å². The van der Waals surface area contributed by atoms with Crippen LogP contribution in [0.3, 0.4) is 0 Å². The first-order chi connectivity index (χ1) is 17.0. The first-order valence-corrected chi connectivity index (χ1v) is 12.9. The maximum absolute atomic E-state index is 13.9. The summed E-state index contributed by atoms with van der Waals surface area (Å²) >= 11 is 4.34. The largest absolute Gasteiger partial charge is 0.444 e. The Morgan fingerprint density at radius 2 is 1.75 bits per heavy atom. The van der Waals surface area contributed by atoms with Gasteiger partial charge in [-0.1, -0.05) is 54.1 Å².